The first-order chi connectivity index (χ1) is 12.9. The number of hydrogen-bond donors (Lipinski definition) is 1. The SMILES string of the molecule is CCCCCc1cc2c(c(O)c1C1COC1)-c1cc(C)ccc1C(C)(C)O2. The molecular formula is C24H30O3. The second-order valence-electron chi connectivity index (χ2n) is 8.52. The van der Waals surface area contributed by atoms with Crippen molar-refractivity contribution in [3.63, 3.8) is 0 Å². The van der Waals surface area contributed by atoms with Gasteiger partial charge in [-0.25, -0.2) is 0 Å². The van der Waals surface area contributed by atoms with Crippen molar-refractivity contribution in [2.45, 2.75) is 64.9 Å². The maximum Gasteiger partial charge on any atom is 0.132 e. The molecule has 0 aliphatic carbocycles. The van der Waals surface area contributed by atoms with Crippen LogP contribution >= 0.6 is 0 Å². The highest BCUT2D eigenvalue weighted by atomic mass is 16.5. The second-order valence-corrected chi connectivity index (χ2v) is 8.52. The standard InChI is InChI=1S/C24H30O3/c1-5-6-7-8-16-12-20-22(23(25)21(16)17-13-26-14-17)18-11-15(2)9-10-19(18)24(3,4)27-20/h9-12,17,25H,5-8,13-14H2,1-4H3. The maximum atomic E-state index is 11.4. The highest BCUT2D eigenvalue weighted by molar-refractivity contribution is 5.84. The van der Waals surface area contributed by atoms with Gasteiger partial charge in [0.1, 0.15) is 17.1 Å². The highest BCUT2D eigenvalue weighted by Gasteiger charge is 2.37. The lowest BCUT2D eigenvalue weighted by atomic mass is 9.80. The van der Waals surface area contributed by atoms with Gasteiger partial charge in [-0.2, -0.15) is 0 Å². The van der Waals surface area contributed by atoms with Gasteiger partial charge < -0.3 is 14.6 Å². The Kier molecular flexibility index (Phi) is 4.67. The first kappa shape index (κ1) is 18.4. The summed E-state index contributed by atoms with van der Waals surface area (Å²) in [6.45, 7) is 9.91. The highest BCUT2D eigenvalue weighted by Crippen LogP contribution is 2.53. The third-order valence-electron chi connectivity index (χ3n) is 5.94. The summed E-state index contributed by atoms with van der Waals surface area (Å²) < 4.78 is 11.9. The van der Waals surface area contributed by atoms with Crippen molar-refractivity contribution < 1.29 is 14.6 Å². The minimum atomic E-state index is -0.412. The Hall–Kier alpha value is -2.00. The van der Waals surface area contributed by atoms with Gasteiger partial charge in [-0.1, -0.05) is 43.5 Å². The molecule has 0 aromatic heterocycles. The van der Waals surface area contributed by atoms with Crippen molar-refractivity contribution in [3.8, 4) is 22.6 Å². The average Bonchev–Trinajstić information content (AvgIpc) is 2.55. The molecule has 2 aromatic carbocycles. The van der Waals surface area contributed by atoms with Crippen LogP contribution in [0.25, 0.3) is 11.1 Å². The number of hydrogen-bond acceptors (Lipinski definition) is 3. The van der Waals surface area contributed by atoms with Gasteiger partial charge in [-0.3, -0.25) is 0 Å². The van der Waals surface area contributed by atoms with Crippen molar-refractivity contribution >= 4 is 0 Å². The number of ether oxygens (including phenoxy) is 2. The molecule has 0 atom stereocenters. The fourth-order valence-electron chi connectivity index (χ4n) is 4.40. The molecule has 0 saturated carbocycles. The van der Waals surface area contributed by atoms with Crippen LogP contribution in [0, 0.1) is 6.92 Å². The van der Waals surface area contributed by atoms with Gasteiger partial charge in [-0.15, -0.1) is 0 Å². The van der Waals surface area contributed by atoms with E-state index in [9.17, 15) is 5.11 Å². The normalized spacial score (nSPS) is 17.6. The number of rotatable bonds is 5. The van der Waals surface area contributed by atoms with Gasteiger partial charge in [0.05, 0.1) is 18.8 Å². The van der Waals surface area contributed by atoms with Crippen LogP contribution in [0.15, 0.2) is 24.3 Å². The average molecular weight is 367 g/mol. The molecule has 4 rings (SSSR count). The van der Waals surface area contributed by atoms with Crippen molar-refractivity contribution in [1.82, 2.24) is 0 Å². The minimum Gasteiger partial charge on any atom is -0.507 e. The smallest absolute Gasteiger partial charge is 0.132 e. The molecule has 2 heterocycles. The topological polar surface area (TPSA) is 38.7 Å². The fourth-order valence-corrected chi connectivity index (χ4v) is 4.40. The molecule has 1 N–H and O–H groups in total. The van der Waals surface area contributed by atoms with Crippen LogP contribution in [0.5, 0.6) is 11.5 Å². The monoisotopic (exact) mass is 366 g/mol. The number of phenolic OH excluding ortho intramolecular Hbond substituents is 1. The van der Waals surface area contributed by atoms with E-state index in [1.54, 1.807) is 0 Å². The van der Waals surface area contributed by atoms with Crippen molar-refractivity contribution in [3.05, 3.63) is 46.5 Å². The van der Waals surface area contributed by atoms with Crippen LogP contribution in [0.2, 0.25) is 0 Å². The van der Waals surface area contributed by atoms with Crippen LogP contribution in [-0.4, -0.2) is 18.3 Å². The molecule has 2 aliphatic heterocycles. The molecule has 3 nitrogen and oxygen atoms in total. The molecule has 27 heavy (non-hydrogen) atoms. The Bertz CT molecular complexity index is 862. The summed E-state index contributed by atoms with van der Waals surface area (Å²) in [5, 5.41) is 11.4. The molecule has 2 aliphatic rings. The Morgan fingerprint density at radius 3 is 2.59 bits per heavy atom. The fraction of sp³-hybridized carbons (Fsp3) is 0.500. The zero-order valence-electron chi connectivity index (χ0n) is 16.9. The lowest BCUT2D eigenvalue weighted by molar-refractivity contribution is 0.00708. The van der Waals surface area contributed by atoms with Crippen molar-refractivity contribution in [2.75, 3.05) is 13.2 Å². The number of aryl methyl sites for hydroxylation is 2. The Morgan fingerprint density at radius 1 is 1.15 bits per heavy atom. The number of unbranched alkanes of at least 4 members (excludes halogenated alkanes) is 2. The third kappa shape index (κ3) is 3.12. The first-order valence-corrected chi connectivity index (χ1v) is 10.2. The molecule has 1 saturated heterocycles. The second kappa shape index (κ2) is 6.87. The molecule has 0 spiro atoms. The quantitative estimate of drug-likeness (QED) is 0.676. The molecular weight excluding hydrogens is 336 g/mol. The summed E-state index contributed by atoms with van der Waals surface area (Å²) in [6, 6.07) is 8.61. The zero-order valence-corrected chi connectivity index (χ0v) is 16.9. The Labute approximate surface area is 162 Å². The zero-order chi connectivity index (χ0) is 19.2. The van der Waals surface area contributed by atoms with Gasteiger partial charge in [0, 0.05) is 17.0 Å². The number of aromatic hydroxyl groups is 1. The Balaban J connectivity index is 1.90. The number of benzene rings is 2. The maximum absolute atomic E-state index is 11.4. The van der Waals surface area contributed by atoms with Crippen LogP contribution in [0.3, 0.4) is 0 Å². The van der Waals surface area contributed by atoms with Crippen molar-refractivity contribution in [1.29, 1.82) is 0 Å². The largest absolute Gasteiger partial charge is 0.507 e. The molecule has 0 unspecified atom stereocenters. The molecule has 0 bridgehead atoms. The summed E-state index contributed by atoms with van der Waals surface area (Å²) in [5.74, 6) is 1.50. The van der Waals surface area contributed by atoms with E-state index in [0.717, 1.165) is 40.8 Å². The van der Waals surface area contributed by atoms with Crippen LogP contribution in [0.4, 0.5) is 0 Å². The van der Waals surface area contributed by atoms with E-state index in [-0.39, 0.29) is 5.92 Å². The van der Waals surface area contributed by atoms with Crippen LogP contribution in [0.1, 0.15) is 68.2 Å². The van der Waals surface area contributed by atoms with Crippen LogP contribution < -0.4 is 4.74 Å². The van der Waals surface area contributed by atoms with Gasteiger partial charge in [0.25, 0.3) is 0 Å². The number of fused-ring (bicyclic) bond motifs is 3. The van der Waals surface area contributed by atoms with E-state index >= 15 is 0 Å². The van der Waals surface area contributed by atoms with Gasteiger partial charge >= 0.3 is 0 Å². The minimum absolute atomic E-state index is 0.287. The summed E-state index contributed by atoms with van der Waals surface area (Å²) in [5.41, 5.74) is 6.16. The predicted octanol–water partition coefficient (Wildman–Crippen LogP) is 5.84. The number of phenols is 1. The molecule has 0 radical (unpaired) electrons. The van der Waals surface area contributed by atoms with Gasteiger partial charge in [-0.05, 0) is 50.8 Å². The van der Waals surface area contributed by atoms with Crippen LogP contribution in [-0.2, 0) is 16.8 Å². The summed E-state index contributed by atoms with van der Waals surface area (Å²) in [7, 11) is 0. The van der Waals surface area contributed by atoms with Gasteiger partial charge in [0.15, 0.2) is 0 Å². The summed E-state index contributed by atoms with van der Waals surface area (Å²) in [4.78, 5) is 0. The van der Waals surface area contributed by atoms with Crippen molar-refractivity contribution in [2.24, 2.45) is 0 Å². The van der Waals surface area contributed by atoms with Gasteiger partial charge in [0.2, 0.25) is 0 Å². The third-order valence-corrected chi connectivity index (χ3v) is 5.94. The molecule has 144 valence electrons. The molecule has 3 heteroatoms. The molecule has 0 amide bonds. The molecule has 1 fully saturated rings. The van der Waals surface area contributed by atoms with E-state index in [4.69, 9.17) is 9.47 Å². The summed E-state index contributed by atoms with van der Waals surface area (Å²) in [6.07, 6.45) is 4.50. The molecule has 2 aromatic rings. The van der Waals surface area contributed by atoms with E-state index in [1.807, 2.05) is 0 Å². The van der Waals surface area contributed by atoms with E-state index in [1.165, 1.54) is 24.0 Å². The lowest BCUT2D eigenvalue weighted by Crippen LogP contribution is -2.30. The first-order valence-electron chi connectivity index (χ1n) is 10.2. The lowest BCUT2D eigenvalue weighted by Gasteiger charge is -2.37. The van der Waals surface area contributed by atoms with E-state index in [2.05, 4.69) is 52.0 Å². The predicted molar refractivity (Wildman–Crippen MR) is 109 cm³/mol. The van der Waals surface area contributed by atoms with E-state index < -0.39 is 5.60 Å². The summed E-state index contributed by atoms with van der Waals surface area (Å²) >= 11 is 0. The Morgan fingerprint density at radius 2 is 1.93 bits per heavy atom. The van der Waals surface area contributed by atoms with E-state index in [0.29, 0.717) is 19.0 Å².